The Hall–Kier alpha value is -1.19. The monoisotopic (exact) mass is 499 g/mol. The minimum absolute atomic E-state index is 0. The van der Waals surface area contributed by atoms with Crippen LogP contribution in [0.3, 0.4) is 0 Å². The van der Waals surface area contributed by atoms with Gasteiger partial charge in [-0.05, 0) is 31.9 Å². The van der Waals surface area contributed by atoms with Gasteiger partial charge in [0.25, 0.3) is 0 Å². The molecule has 0 saturated carbocycles. The van der Waals surface area contributed by atoms with Crippen LogP contribution in [0.4, 0.5) is 0 Å². The fourth-order valence-electron chi connectivity index (χ4n) is 3.54. The first kappa shape index (κ1) is 22.1. The summed E-state index contributed by atoms with van der Waals surface area (Å²) in [7, 11) is 3.92. The molecule has 1 N–H and O–H groups in total. The van der Waals surface area contributed by atoms with Gasteiger partial charge in [-0.1, -0.05) is 30.3 Å². The number of hydrogen-bond acceptors (Lipinski definition) is 4. The molecular weight excluding hydrogens is 469 g/mol. The Balaban J connectivity index is 0.00000261. The Morgan fingerprint density at radius 2 is 2.15 bits per heavy atom. The quantitative estimate of drug-likeness (QED) is 0.374. The first-order valence-electron chi connectivity index (χ1n) is 9.26. The van der Waals surface area contributed by atoms with Crippen LogP contribution in [0.2, 0.25) is 0 Å². The summed E-state index contributed by atoms with van der Waals surface area (Å²) in [5, 5.41) is 6.80. The van der Waals surface area contributed by atoms with Crippen molar-refractivity contribution in [3.05, 3.63) is 52.0 Å². The normalized spacial score (nSPS) is 17.6. The van der Waals surface area contributed by atoms with E-state index in [1.807, 2.05) is 14.0 Å². The number of likely N-dealkylation sites (tertiary alicyclic amines) is 1. The van der Waals surface area contributed by atoms with E-state index in [4.69, 9.17) is 0 Å². The fourth-order valence-corrected chi connectivity index (χ4v) is 4.15. The average molecular weight is 499 g/mol. The molecule has 2 aromatic rings. The van der Waals surface area contributed by atoms with Crippen LogP contribution in [0.1, 0.15) is 29.1 Å². The third kappa shape index (κ3) is 6.43. The smallest absolute Gasteiger partial charge is 0.193 e. The number of aryl methyl sites for hydroxylation is 1. The predicted molar refractivity (Wildman–Crippen MR) is 125 cm³/mol. The first-order chi connectivity index (χ1) is 12.7. The van der Waals surface area contributed by atoms with E-state index in [0.717, 1.165) is 36.3 Å². The van der Waals surface area contributed by atoms with Crippen molar-refractivity contribution in [1.29, 1.82) is 0 Å². The van der Waals surface area contributed by atoms with Gasteiger partial charge < -0.3 is 10.2 Å². The maximum absolute atomic E-state index is 4.55. The summed E-state index contributed by atoms with van der Waals surface area (Å²) in [5.41, 5.74) is 2.49. The summed E-state index contributed by atoms with van der Waals surface area (Å²) >= 11 is 1.70. The molecule has 1 aliphatic rings. The van der Waals surface area contributed by atoms with Crippen molar-refractivity contribution in [3.63, 3.8) is 0 Å². The zero-order valence-corrected chi connectivity index (χ0v) is 19.5. The number of halogens is 1. The summed E-state index contributed by atoms with van der Waals surface area (Å²) in [6.07, 6.45) is 2.51. The van der Waals surface area contributed by atoms with Crippen LogP contribution in [-0.4, -0.2) is 54.0 Å². The van der Waals surface area contributed by atoms with Crippen LogP contribution in [0.5, 0.6) is 0 Å². The highest BCUT2D eigenvalue weighted by Crippen LogP contribution is 2.19. The van der Waals surface area contributed by atoms with Crippen LogP contribution in [-0.2, 0) is 13.1 Å². The van der Waals surface area contributed by atoms with Crippen molar-refractivity contribution in [2.75, 3.05) is 27.2 Å². The number of nitrogens with one attached hydrogen (secondary N) is 1. The molecule has 1 fully saturated rings. The molecule has 1 atom stereocenters. The number of benzene rings is 1. The standard InChI is InChI=1S/C20H29N5S.HI/c1-16-23-18(15-26-16)14-24(3)20(21-2)22-12-19-10-7-11-25(19)13-17-8-5-4-6-9-17;/h4-6,8-9,15,19H,7,10-14H2,1-3H3,(H,21,22);1H. The number of thiazole rings is 1. The maximum atomic E-state index is 4.55. The topological polar surface area (TPSA) is 43.8 Å². The minimum atomic E-state index is 0. The SMILES string of the molecule is CN=C(NCC1CCCN1Cc1ccccc1)N(C)Cc1csc(C)n1.I. The molecule has 0 radical (unpaired) electrons. The van der Waals surface area contributed by atoms with E-state index in [0.29, 0.717) is 6.04 Å². The molecule has 2 heterocycles. The van der Waals surface area contributed by atoms with Gasteiger partial charge in [-0.15, -0.1) is 35.3 Å². The van der Waals surface area contributed by atoms with Gasteiger partial charge in [0.1, 0.15) is 0 Å². The van der Waals surface area contributed by atoms with Gasteiger partial charge in [0.2, 0.25) is 0 Å². The van der Waals surface area contributed by atoms with Crippen molar-refractivity contribution in [3.8, 4) is 0 Å². The minimum Gasteiger partial charge on any atom is -0.355 e. The van der Waals surface area contributed by atoms with Gasteiger partial charge in [-0.2, -0.15) is 0 Å². The molecule has 1 aromatic carbocycles. The average Bonchev–Trinajstić information content (AvgIpc) is 3.25. The molecule has 1 unspecified atom stereocenters. The van der Waals surface area contributed by atoms with E-state index < -0.39 is 0 Å². The molecular formula is C20H30IN5S. The largest absolute Gasteiger partial charge is 0.355 e. The molecule has 1 aromatic heterocycles. The van der Waals surface area contributed by atoms with E-state index in [9.17, 15) is 0 Å². The summed E-state index contributed by atoms with van der Waals surface area (Å²) < 4.78 is 0. The highest BCUT2D eigenvalue weighted by Gasteiger charge is 2.24. The lowest BCUT2D eigenvalue weighted by Gasteiger charge is -2.27. The first-order valence-corrected chi connectivity index (χ1v) is 10.1. The molecule has 5 nitrogen and oxygen atoms in total. The number of guanidine groups is 1. The maximum Gasteiger partial charge on any atom is 0.193 e. The lowest BCUT2D eigenvalue weighted by atomic mass is 10.2. The number of nitrogens with zero attached hydrogens (tertiary/aromatic N) is 4. The van der Waals surface area contributed by atoms with Gasteiger partial charge in [-0.25, -0.2) is 4.98 Å². The van der Waals surface area contributed by atoms with Gasteiger partial charge in [-0.3, -0.25) is 9.89 Å². The molecule has 0 aliphatic carbocycles. The van der Waals surface area contributed by atoms with Crippen LogP contribution in [0, 0.1) is 6.92 Å². The summed E-state index contributed by atoms with van der Waals surface area (Å²) in [5.74, 6) is 0.933. The molecule has 3 rings (SSSR count). The molecule has 0 bridgehead atoms. The van der Waals surface area contributed by atoms with Crippen molar-refractivity contribution in [1.82, 2.24) is 20.1 Å². The van der Waals surface area contributed by atoms with Crippen molar-refractivity contribution in [2.24, 2.45) is 4.99 Å². The fraction of sp³-hybridized carbons (Fsp3) is 0.500. The van der Waals surface area contributed by atoms with E-state index in [1.165, 1.54) is 24.9 Å². The van der Waals surface area contributed by atoms with Crippen LogP contribution < -0.4 is 5.32 Å². The molecule has 7 heteroatoms. The van der Waals surface area contributed by atoms with Crippen molar-refractivity contribution in [2.45, 2.75) is 38.9 Å². The van der Waals surface area contributed by atoms with E-state index >= 15 is 0 Å². The van der Waals surface area contributed by atoms with Crippen molar-refractivity contribution < 1.29 is 0 Å². The molecule has 1 aliphatic heterocycles. The number of hydrogen-bond donors (Lipinski definition) is 1. The second-order valence-corrected chi connectivity index (χ2v) is 7.96. The van der Waals surface area contributed by atoms with Gasteiger partial charge in [0, 0.05) is 38.6 Å². The van der Waals surface area contributed by atoms with Gasteiger partial charge >= 0.3 is 0 Å². The Labute approximate surface area is 183 Å². The van der Waals surface area contributed by atoms with Gasteiger partial charge in [0.15, 0.2) is 5.96 Å². The van der Waals surface area contributed by atoms with E-state index in [-0.39, 0.29) is 24.0 Å². The second-order valence-electron chi connectivity index (χ2n) is 6.89. The zero-order chi connectivity index (χ0) is 18.4. The molecule has 0 amide bonds. The molecule has 0 spiro atoms. The van der Waals surface area contributed by atoms with Gasteiger partial charge in [0.05, 0.1) is 17.2 Å². The molecule has 27 heavy (non-hydrogen) atoms. The Bertz CT molecular complexity index is 718. The molecule has 1 saturated heterocycles. The predicted octanol–water partition coefficient (Wildman–Crippen LogP) is 3.74. The highest BCUT2D eigenvalue weighted by molar-refractivity contribution is 14.0. The summed E-state index contributed by atoms with van der Waals surface area (Å²) in [6, 6.07) is 11.3. The van der Waals surface area contributed by atoms with E-state index in [2.05, 4.69) is 67.9 Å². The number of aliphatic imine (C=N–C) groups is 1. The number of rotatable bonds is 6. The second kappa shape index (κ2) is 11.0. The third-order valence-corrected chi connectivity index (χ3v) is 5.68. The zero-order valence-electron chi connectivity index (χ0n) is 16.4. The summed E-state index contributed by atoms with van der Waals surface area (Å²) in [4.78, 5) is 13.7. The Morgan fingerprint density at radius 3 is 2.81 bits per heavy atom. The third-order valence-electron chi connectivity index (χ3n) is 4.86. The van der Waals surface area contributed by atoms with Crippen LogP contribution >= 0.6 is 35.3 Å². The van der Waals surface area contributed by atoms with Crippen LogP contribution in [0.15, 0.2) is 40.7 Å². The lowest BCUT2D eigenvalue weighted by molar-refractivity contribution is 0.243. The Morgan fingerprint density at radius 1 is 1.37 bits per heavy atom. The van der Waals surface area contributed by atoms with E-state index in [1.54, 1.807) is 11.3 Å². The highest BCUT2D eigenvalue weighted by atomic mass is 127. The van der Waals surface area contributed by atoms with Crippen LogP contribution in [0.25, 0.3) is 0 Å². The summed E-state index contributed by atoms with van der Waals surface area (Å²) in [6.45, 7) is 5.96. The lowest BCUT2D eigenvalue weighted by Crippen LogP contribution is -2.45. The molecule has 148 valence electrons. The Kier molecular flexibility index (Phi) is 8.98. The van der Waals surface area contributed by atoms with Crippen molar-refractivity contribution >= 4 is 41.3 Å². The number of aromatic nitrogens is 1.